The van der Waals surface area contributed by atoms with Crippen molar-refractivity contribution in [3.8, 4) is 6.07 Å². The molecule has 0 atom stereocenters. The third-order valence-electron chi connectivity index (χ3n) is 4.06. The summed E-state index contributed by atoms with van der Waals surface area (Å²) in [4.78, 5) is 35.4. The molecule has 28 heavy (non-hydrogen) atoms. The van der Waals surface area contributed by atoms with Gasteiger partial charge in [-0.3, -0.25) is 19.7 Å². The minimum absolute atomic E-state index is 0.0413. The number of nitro groups is 1. The Bertz CT molecular complexity index is 1140. The van der Waals surface area contributed by atoms with Gasteiger partial charge in [-0.25, -0.2) is 0 Å². The predicted octanol–water partition coefficient (Wildman–Crippen LogP) is 2.93. The standard InChI is InChI=1S/C20H14N4O4/c21-12-15-4-1-2-6-18(15)22-19(25)17-5-3-11-23(20(17)26)13-14-7-9-16(10-8-14)24(27)28/h1-11H,13H2,(H,22,25). The molecule has 0 aliphatic carbocycles. The Labute approximate surface area is 159 Å². The number of nitrogens with zero attached hydrogens (tertiary/aromatic N) is 3. The lowest BCUT2D eigenvalue weighted by atomic mass is 10.1. The van der Waals surface area contributed by atoms with Crippen LogP contribution in [0, 0.1) is 21.4 Å². The fourth-order valence-corrected chi connectivity index (χ4v) is 2.63. The van der Waals surface area contributed by atoms with Gasteiger partial charge in [0.2, 0.25) is 0 Å². The van der Waals surface area contributed by atoms with E-state index in [0.29, 0.717) is 11.3 Å². The van der Waals surface area contributed by atoms with Crippen LogP contribution >= 0.6 is 0 Å². The van der Waals surface area contributed by atoms with Crippen molar-refractivity contribution in [1.82, 2.24) is 4.57 Å². The molecule has 0 unspecified atom stereocenters. The second-order valence-corrected chi connectivity index (χ2v) is 5.89. The summed E-state index contributed by atoms with van der Waals surface area (Å²) in [6, 6.07) is 17.3. The molecule has 1 aromatic heterocycles. The van der Waals surface area contributed by atoms with E-state index < -0.39 is 16.4 Å². The van der Waals surface area contributed by atoms with Crippen LogP contribution in [0.5, 0.6) is 0 Å². The Morgan fingerprint density at radius 2 is 1.82 bits per heavy atom. The number of benzene rings is 2. The first-order valence-corrected chi connectivity index (χ1v) is 8.23. The number of carbonyl (C=O) groups is 1. The Hall–Kier alpha value is -4.25. The molecule has 1 amide bonds. The van der Waals surface area contributed by atoms with Gasteiger partial charge in [0, 0.05) is 18.3 Å². The summed E-state index contributed by atoms with van der Waals surface area (Å²) in [5.41, 5.74) is 0.670. The Kier molecular flexibility index (Phi) is 5.28. The number of hydrogen-bond acceptors (Lipinski definition) is 5. The van der Waals surface area contributed by atoms with Crippen molar-refractivity contribution in [2.75, 3.05) is 5.32 Å². The zero-order valence-electron chi connectivity index (χ0n) is 14.5. The summed E-state index contributed by atoms with van der Waals surface area (Å²) >= 11 is 0. The highest BCUT2D eigenvalue weighted by molar-refractivity contribution is 6.04. The number of non-ortho nitro benzene ring substituents is 1. The number of aromatic nitrogens is 1. The van der Waals surface area contributed by atoms with Crippen LogP contribution in [0.25, 0.3) is 0 Å². The molecule has 1 heterocycles. The van der Waals surface area contributed by atoms with E-state index in [9.17, 15) is 19.7 Å². The quantitative estimate of drug-likeness (QED) is 0.544. The van der Waals surface area contributed by atoms with E-state index in [2.05, 4.69) is 5.32 Å². The lowest BCUT2D eigenvalue weighted by Gasteiger charge is -2.10. The average Bonchev–Trinajstić information content (AvgIpc) is 2.70. The molecule has 3 rings (SSSR count). The van der Waals surface area contributed by atoms with Crippen LogP contribution in [0.15, 0.2) is 71.7 Å². The van der Waals surface area contributed by atoms with Gasteiger partial charge in [0.05, 0.1) is 22.7 Å². The topological polar surface area (TPSA) is 118 Å². The van der Waals surface area contributed by atoms with Gasteiger partial charge in [0.1, 0.15) is 11.6 Å². The Morgan fingerprint density at radius 3 is 2.50 bits per heavy atom. The average molecular weight is 374 g/mol. The van der Waals surface area contributed by atoms with Crippen LogP contribution in [0.4, 0.5) is 11.4 Å². The van der Waals surface area contributed by atoms with Crippen LogP contribution in [0.1, 0.15) is 21.5 Å². The normalized spacial score (nSPS) is 10.1. The summed E-state index contributed by atoms with van der Waals surface area (Å²) in [6.07, 6.45) is 1.53. The number of pyridine rings is 1. The summed E-state index contributed by atoms with van der Waals surface area (Å²) in [5.74, 6) is -0.620. The molecule has 0 spiro atoms. The monoisotopic (exact) mass is 374 g/mol. The Balaban J connectivity index is 1.84. The maximum absolute atomic E-state index is 12.7. The van der Waals surface area contributed by atoms with Crippen LogP contribution in [-0.4, -0.2) is 15.4 Å². The highest BCUT2D eigenvalue weighted by Gasteiger charge is 2.14. The lowest BCUT2D eigenvalue weighted by Crippen LogP contribution is -2.29. The molecule has 3 aromatic rings. The van der Waals surface area contributed by atoms with E-state index >= 15 is 0 Å². The molecule has 8 nitrogen and oxygen atoms in total. The SMILES string of the molecule is N#Cc1ccccc1NC(=O)c1cccn(Cc2ccc([N+](=O)[O-])cc2)c1=O. The van der Waals surface area contributed by atoms with E-state index in [0.717, 1.165) is 0 Å². The highest BCUT2D eigenvalue weighted by Crippen LogP contribution is 2.15. The molecule has 0 aliphatic heterocycles. The van der Waals surface area contributed by atoms with Gasteiger partial charge in [-0.1, -0.05) is 24.3 Å². The molecular formula is C20H14N4O4. The second-order valence-electron chi connectivity index (χ2n) is 5.89. The van der Waals surface area contributed by atoms with Gasteiger partial charge in [-0.15, -0.1) is 0 Å². The minimum atomic E-state index is -0.620. The summed E-state index contributed by atoms with van der Waals surface area (Å²) in [5, 5.41) is 22.4. The number of nitrogens with one attached hydrogen (secondary N) is 1. The third-order valence-corrected chi connectivity index (χ3v) is 4.06. The molecule has 0 saturated carbocycles. The summed E-state index contributed by atoms with van der Waals surface area (Å²) in [7, 11) is 0. The first-order valence-electron chi connectivity index (χ1n) is 8.23. The second kappa shape index (κ2) is 7.97. The summed E-state index contributed by atoms with van der Waals surface area (Å²) in [6.45, 7) is 0.159. The molecule has 0 aliphatic rings. The van der Waals surface area contributed by atoms with Crippen molar-refractivity contribution in [3.63, 3.8) is 0 Å². The van der Waals surface area contributed by atoms with Gasteiger partial charge in [-0.2, -0.15) is 5.26 Å². The van der Waals surface area contributed by atoms with E-state index in [1.807, 2.05) is 6.07 Å². The molecule has 8 heteroatoms. The van der Waals surface area contributed by atoms with Crippen LogP contribution in [-0.2, 0) is 6.54 Å². The molecule has 0 bridgehead atoms. The lowest BCUT2D eigenvalue weighted by molar-refractivity contribution is -0.384. The van der Waals surface area contributed by atoms with Crippen molar-refractivity contribution < 1.29 is 9.72 Å². The summed E-state index contributed by atoms with van der Waals surface area (Å²) < 4.78 is 1.34. The maximum atomic E-state index is 12.7. The minimum Gasteiger partial charge on any atom is -0.321 e. The van der Waals surface area contributed by atoms with Crippen molar-refractivity contribution in [1.29, 1.82) is 5.26 Å². The maximum Gasteiger partial charge on any atom is 0.269 e. The van der Waals surface area contributed by atoms with E-state index in [1.54, 1.807) is 42.5 Å². The van der Waals surface area contributed by atoms with Crippen LogP contribution < -0.4 is 10.9 Å². The van der Waals surface area contributed by atoms with E-state index in [4.69, 9.17) is 5.26 Å². The van der Waals surface area contributed by atoms with Crippen molar-refractivity contribution in [3.05, 3.63) is 104 Å². The molecule has 2 aromatic carbocycles. The van der Waals surface area contributed by atoms with Gasteiger partial charge in [-0.05, 0) is 29.8 Å². The van der Waals surface area contributed by atoms with Gasteiger partial charge < -0.3 is 9.88 Å². The van der Waals surface area contributed by atoms with Crippen LogP contribution in [0.3, 0.4) is 0 Å². The number of amides is 1. The van der Waals surface area contributed by atoms with Gasteiger partial charge in [0.25, 0.3) is 17.2 Å². The van der Waals surface area contributed by atoms with Gasteiger partial charge in [0.15, 0.2) is 0 Å². The van der Waals surface area contributed by atoms with Crippen molar-refractivity contribution >= 4 is 17.3 Å². The van der Waals surface area contributed by atoms with Crippen molar-refractivity contribution in [2.45, 2.75) is 6.54 Å². The number of hydrogen-bond donors (Lipinski definition) is 1. The molecule has 0 radical (unpaired) electrons. The van der Waals surface area contributed by atoms with Gasteiger partial charge >= 0.3 is 0 Å². The zero-order chi connectivity index (χ0) is 20.1. The molecule has 0 fully saturated rings. The number of rotatable bonds is 5. The third kappa shape index (κ3) is 3.94. The first-order chi connectivity index (χ1) is 13.5. The fourth-order valence-electron chi connectivity index (χ4n) is 2.63. The molecule has 138 valence electrons. The number of anilines is 1. The van der Waals surface area contributed by atoms with Crippen molar-refractivity contribution in [2.24, 2.45) is 0 Å². The molecule has 1 N–H and O–H groups in total. The zero-order valence-corrected chi connectivity index (χ0v) is 14.5. The smallest absolute Gasteiger partial charge is 0.269 e. The van der Waals surface area contributed by atoms with E-state index in [-0.39, 0.29) is 23.4 Å². The molecule has 0 saturated heterocycles. The van der Waals surface area contributed by atoms with Crippen LogP contribution in [0.2, 0.25) is 0 Å². The number of nitriles is 1. The number of carbonyl (C=O) groups excluding carboxylic acids is 1. The fraction of sp³-hybridized carbons (Fsp3) is 0.0500. The largest absolute Gasteiger partial charge is 0.321 e. The van der Waals surface area contributed by atoms with E-state index in [1.165, 1.54) is 29.0 Å². The first kappa shape index (κ1) is 18.5. The Morgan fingerprint density at radius 1 is 1.11 bits per heavy atom. The molecular weight excluding hydrogens is 360 g/mol. The predicted molar refractivity (Wildman–Crippen MR) is 102 cm³/mol. The highest BCUT2D eigenvalue weighted by atomic mass is 16.6. The number of para-hydroxylation sites is 1. The number of nitro benzene ring substituents is 1.